The van der Waals surface area contributed by atoms with Crippen LogP contribution in [0.15, 0.2) is 67.1 Å². The molecule has 12 nitrogen and oxygen atoms in total. The van der Waals surface area contributed by atoms with Crippen molar-refractivity contribution >= 4 is 45.9 Å². The molecular weight excluding hydrogens is 657 g/mol. The molecule has 3 aliphatic heterocycles. The predicted molar refractivity (Wildman–Crippen MR) is 179 cm³/mol. The van der Waals surface area contributed by atoms with E-state index in [0.29, 0.717) is 71.2 Å². The number of halogens is 2. The largest absolute Gasteiger partial charge is 0.465 e. The number of carbonyl (C=O) groups is 1. The molecule has 0 N–H and O–H groups in total. The van der Waals surface area contributed by atoms with E-state index in [-0.39, 0.29) is 12.1 Å². The van der Waals surface area contributed by atoms with Gasteiger partial charge in [0.25, 0.3) is 5.79 Å². The quantitative estimate of drug-likeness (QED) is 0.203. The SMILES string of the molecule is COC(=O)c1cc(Cl)c2nc(CN3CCN(c4cccc5c4OC(C)(c4ccc(Cl)cn4)O5)[C@H]4COC[C@H]43)n(CCn3cccn3)c2c1. The van der Waals surface area contributed by atoms with Crippen molar-refractivity contribution in [2.45, 2.75) is 44.4 Å². The van der Waals surface area contributed by atoms with Crippen molar-refractivity contribution in [1.82, 2.24) is 29.2 Å². The molecule has 6 heterocycles. The Hall–Kier alpha value is -4.36. The maximum absolute atomic E-state index is 12.5. The first-order valence-corrected chi connectivity index (χ1v) is 16.5. The summed E-state index contributed by atoms with van der Waals surface area (Å²) >= 11 is 12.8. The molecule has 14 heteroatoms. The molecule has 48 heavy (non-hydrogen) atoms. The van der Waals surface area contributed by atoms with Gasteiger partial charge < -0.3 is 28.4 Å². The van der Waals surface area contributed by atoms with E-state index in [0.717, 1.165) is 30.1 Å². The number of fused-ring (bicyclic) bond motifs is 3. The summed E-state index contributed by atoms with van der Waals surface area (Å²) in [6.45, 7) is 6.31. The topological polar surface area (TPSA) is 109 Å². The fourth-order valence-electron chi connectivity index (χ4n) is 6.98. The highest BCUT2D eigenvalue weighted by atomic mass is 35.5. The second-order valence-corrected chi connectivity index (χ2v) is 13.1. The number of methoxy groups -OCH3 is 1. The van der Waals surface area contributed by atoms with Crippen LogP contribution < -0.4 is 14.4 Å². The number of aryl methyl sites for hydroxylation is 2. The Morgan fingerprint density at radius 1 is 1.06 bits per heavy atom. The molecule has 5 aromatic rings. The van der Waals surface area contributed by atoms with Gasteiger partial charge in [-0.2, -0.15) is 5.10 Å². The number of para-hydroxylation sites is 1. The zero-order valence-corrected chi connectivity index (χ0v) is 27.9. The molecule has 248 valence electrons. The maximum Gasteiger partial charge on any atom is 0.337 e. The number of piperazine rings is 1. The number of rotatable bonds is 8. The van der Waals surface area contributed by atoms with Gasteiger partial charge in [-0.25, -0.2) is 9.78 Å². The first-order chi connectivity index (χ1) is 23.3. The zero-order chi connectivity index (χ0) is 33.0. The summed E-state index contributed by atoms with van der Waals surface area (Å²) in [6, 6.07) is 15.1. The minimum absolute atomic E-state index is 0.0748. The average Bonchev–Trinajstić information content (AvgIpc) is 3.90. The molecule has 0 aliphatic carbocycles. The minimum atomic E-state index is -1.08. The molecule has 3 aromatic heterocycles. The highest BCUT2D eigenvalue weighted by molar-refractivity contribution is 6.35. The Kier molecular flexibility index (Phi) is 7.91. The summed E-state index contributed by atoms with van der Waals surface area (Å²) in [4.78, 5) is 26.8. The Balaban J connectivity index is 1.08. The molecule has 2 fully saturated rings. The van der Waals surface area contributed by atoms with Gasteiger partial charge in [-0.1, -0.05) is 29.3 Å². The van der Waals surface area contributed by atoms with Gasteiger partial charge in [-0.05, 0) is 42.5 Å². The molecule has 0 spiro atoms. The number of ether oxygens (including phenoxy) is 4. The van der Waals surface area contributed by atoms with E-state index in [1.165, 1.54) is 7.11 Å². The number of aromatic nitrogens is 5. The Bertz CT molecular complexity index is 1990. The fraction of sp³-hybridized carbons (Fsp3) is 0.353. The number of anilines is 1. The van der Waals surface area contributed by atoms with Crippen molar-refractivity contribution in [3.05, 3.63) is 94.2 Å². The van der Waals surface area contributed by atoms with Crippen LogP contribution in [0.4, 0.5) is 5.69 Å². The van der Waals surface area contributed by atoms with E-state index in [1.54, 1.807) is 30.6 Å². The van der Waals surface area contributed by atoms with Crippen LogP contribution in [-0.2, 0) is 34.9 Å². The average molecular weight is 691 g/mol. The number of imidazole rings is 1. The normalized spacial score (nSPS) is 22.0. The number of carbonyl (C=O) groups excluding carboxylic acids is 1. The van der Waals surface area contributed by atoms with Crippen LogP contribution in [0.3, 0.4) is 0 Å². The van der Waals surface area contributed by atoms with Crippen LogP contribution in [-0.4, -0.2) is 80.7 Å². The van der Waals surface area contributed by atoms with Crippen molar-refractivity contribution in [2.75, 3.05) is 38.3 Å². The fourth-order valence-corrected chi connectivity index (χ4v) is 7.35. The molecule has 2 aromatic carbocycles. The molecule has 0 amide bonds. The second-order valence-electron chi connectivity index (χ2n) is 12.2. The molecule has 0 saturated carbocycles. The monoisotopic (exact) mass is 689 g/mol. The molecule has 0 bridgehead atoms. The molecule has 1 unspecified atom stereocenters. The summed E-state index contributed by atoms with van der Waals surface area (Å²) in [5.74, 6) is 0.671. The van der Waals surface area contributed by atoms with E-state index < -0.39 is 11.8 Å². The number of esters is 1. The number of pyridine rings is 1. The maximum atomic E-state index is 12.5. The molecule has 3 aliphatic rings. The lowest BCUT2D eigenvalue weighted by Gasteiger charge is -2.44. The lowest BCUT2D eigenvalue weighted by atomic mass is 10.0. The Morgan fingerprint density at radius 3 is 2.73 bits per heavy atom. The van der Waals surface area contributed by atoms with E-state index in [9.17, 15) is 4.79 Å². The third-order valence-electron chi connectivity index (χ3n) is 9.34. The third kappa shape index (κ3) is 5.42. The number of hydrogen-bond acceptors (Lipinski definition) is 10. The van der Waals surface area contributed by atoms with Crippen molar-refractivity contribution in [1.29, 1.82) is 0 Å². The minimum Gasteiger partial charge on any atom is -0.465 e. The van der Waals surface area contributed by atoms with Gasteiger partial charge in [-0.15, -0.1) is 0 Å². The third-order valence-corrected chi connectivity index (χ3v) is 9.86. The van der Waals surface area contributed by atoms with Gasteiger partial charge in [0.15, 0.2) is 11.5 Å². The van der Waals surface area contributed by atoms with Crippen molar-refractivity contribution in [3.8, 4) is 11.5 Å². The van der Waals surface area contributed by atoms with Crippen LogP contribution in [0, 0.1) is 0 Å². The zero-order valence-electron chi connectivity index (χ0n) is 26.4. The van der Waals surface area contributed by atoms with Crippen LogP contribution in [0.25, 0.3) is 11.0 Å². The molecular formula is C34H33Cl2N7O5. The standard InChI is InChI=1S/C34H33Cl2N7O5/c1-34(29-8-7-22(35)17-37-29)47-28-6-3-5-24(32(28)48-34)42-13-11-40(26-19-46-20-27(26)42)18-30-39-31-23(36)15-21(33(44)45-2)16-25(31)43(30)14-12-41-10-4-9-38-41/h3-10,15-17,26-27H,11-14,18-20H2,1-2H3/t26-,27+,34?/m1/s1. The van der Waals surface area contributed by atoms with Crippen LogP contribution >= 0.6 is 23.2 Å². The first kappa shape index (κ1) is 30.9. The Morgan fingerprint density at radius 2 is 1.94 bits per heavy atom. The summed E-state index contributed by atoms with van der Waals surface area (Å²) in [7, 11) is 1.36. The molecule has 3 atom stereocenters. The van der Waals surface area contributed by atoms with Gasteiger partial charge in [-0.3, -0.25) is 14.6 Å². The second kappa shape index (κ2) is 12.3. The summed E-state index contributed by atoms with van der Waals surface area (Å²) < 4.78 is 28.0. The molecule has 8 rings (SSSR count). The van der Waals surface area contributed by atoms with Gasteiger partial charge >= 0.3 is 5.97 Å². The van der Waals surface area contributed by atoms with Crippen LogP contribution in [0.5, 0.6) is 11.5 Å². The van der Waals surface area contributed by atoms with Gasteiger partial charge in [0, 0.05) is 45.1 Å². The van der Waals surface area contributed by atoms with E-state index >= 15 is 0 Å². The molecule has 2 saturated heterocycles. The van der Waals surface area contributed by atoms with E-state index in [4.69, 9.17) is 47.1 Å². The molecule has 0 radical (unpaired) electrons. The van der Waals surface area contributed by atoms with E-state index in [1.807, 2.05) is 42.1 Å². The van der Waals surface area contributed by atoms with E-state index in [2.05, 4.69) is 30.5 Å². The highest BCUT2D eigenvalue weighted by Gasteiger charge is 2.46. The Labute approximate surface area is 286 Å². The van der Waals surface area contributed by atoms with Gasteiger partial charge in [0.1, 0.15) is 17.0 Å². The summed E-state index contributed by atoms with van der Waals surface area (Å²) in [6.07, 6.45) is 5.28. The highest BCUT2D eigenvalue weighted by Crippen LogP contribution is 2.50. The van der Waals surface area contributed by atoms with Crippen LogP contribution in [0.2, 0.25) is 10.0 Å². The smallest absolute Gasteiger partial charge is 0.337 e. The number of nitrogens with zero attached hydrogens (tertiary/aromatic N) is 7. The first-order valence-electron chi connectivity index (χ1n) is 15.8. The lowest BCUT2D eigenvalue weighted by Crippen LogP contribution is -2.59. The number of hydrogen-bond donors (Lipinski definition) is 0. The van der Waals surface area contributed by atoms with Crippen LogP contribution in [0.1, 0.15) is 28.8 Å². The summed E-state index contributed by atoms with van der Waals surface area (Å²) in [5, 5.41) is 5.33. The van der Waals surface area contributed by atoms with Crippen molar-refractivity contribution in [3.63, 3.8) is 0 Å². The predicted octanol–water partition coefficient (Wildman–Crippen LogP) is 5.16. The van der Waals surface area contributed by atoms with Crippen molar-refractivity contribution in [2.24, 2.45) is 0 Å². The van der Waals surface area contributed by atoms with Gasteiger partial charge in [0.2, 0.25) is 0 Å². The van der Waals surface area contributed by atoms with Crippen molar-refractivity contribution < 1.29 is 23.7 Å². The number of benzene rings is 2. The van der Waals surface area contributed by atoms with Gasteiger partial charge in [0.05, 0.1) is 72.3 Å². The summed E-state index contributed by atoms with van der Waals surface area (Å²) in [5.41, 5.74) is 3.39. The lowest BCUT2D eigenvalue weighted by molar-refractivity contribution is -0.0716.